The second-order valence-corrected chi connectivity index (χ2v) is 9.22. The lowest BCUT2D eigenvalue weighted by Gasteiger charge is -2.34. The molecule has 1 aliphatic carbocycles. The standard InChI is InChI=1S/C24H25N3O2S/c28-21-10-4-9-20-24(21)30-22(25-20)16-26-11-13-27(14-12-26)23(29)15-18-7-3-6-17-5-1-2-8-19(17)18/h1-3,5-8H,4,9-16H2. The van der Waals surface area contributed by atoms with Crippen LogP contribution in [-0.2, 0) is 24.2 Å². The summed E-state index contributed by atoms with van der Waals surface area (Å²) >= 11 is 1.56. The quantitative estimate of drug-likeness (QED) is 0.647. The Morgan fingerprint density at radius 1 is 1.00 bits per heavy atom. The van der Waals surface area contributed by atoms with E-state index < -0.39 is 0 Å². The molecule has 0 N–H and O–H groups in total. The van der Waals surface area contributed by atoms with E-state index in [1.54, 1.807) is 11.3 Å². The van der Waals surface area contributed by atoms with Crippen molar-refractivity contribution in [3.8, 4) is 0 Å². The molecule has 2 heterocycles. The van der Waals surface area contributed by atoms with Crippen molar-refractivity contribution in [2.24, 2.45) is 0 Å². The highest BCUT2D eigenvalue weighted by molar-refractivity contribution is 7.13. The molecule has 1 amide bonds. The third kappa shape index (κ3) is 3.89. The van der Waals surface area contributed by atoms with E-state index in [1.807, 2.05) is 23.1 Å². The van der Waals surface area contributed by atoms with Crippen molar-refractivity contribution in [3.05, 3.63) is 63.6 Å². The molecule has 1 aromatic heterocycles. The molecule has 0 bridgehead atoms. The van der Waals surface area contributed by atoms with Crippen molar-refractivity contribution in [3.63, 3.8) is 0 Å². The van der Waals surface area contributed by atoms with Crippen molar-refractivity contribution < 1.29 is 9.59 Å². The SMILES string of the molecule is O=C1CCCc2nc(CN3CCN(C(=O)Cc4cccc5ccccc45)CC3)sc21. The van der Waals surface area contributed by atoms with Crippen LogP contribution in [0.1, 0.15) is 38.8 Å². The Hall–Kier alpha value is -2.57. The third-order valence-corrected chi connectivity index (χ3v) is 7.24. The van der Waals surface area contributed by atoms with Crippen LogP contribution in [0.2, 0.25) is 0 Å². The number of benzene rings is 2. The minimum atomic E-state index is 0.196. The van der Waals surface area contributed by atoms with Gasteiger partial charge in [0.1, 0.15) is 5.01 Å². The van der Waals surface area contributed by atoms with Gasteiger partial charge < -0.3 is 4.90 Å². The molecule has 2 aromatic carbocycles. The smallest absolute Gasteiger partial charge is 0.227 e. The number of rotatable bonds is 4. The summed E-state index contributed by atoms with van der Waals surface area (Å²) in [5, 5.41) is 3.37. The molecule has 0 radical (unpaired) electrons. The molecular weight excluding hydrogens is 394 g/mol. The Balaban J connectivity index is 1.19. The van der Waals surface area contributed by atoms with Crippen molar-refractivity contribution in [1.29, 1.82) is 0 Å². The van der Waals surface area contributed by atoms with Crippen LogP contribution in [0.5, 0.6) is 0 Å². The Morgan fingerprint density at radius 2 is 1.80 bits per heavy atom. The summed E-state index contributed by atoms with van der Waals surface area (Å²) in [6.45, 7) is 3.95. The summed E-state index contributed by atoms with van der Waals surface area (Å²) in [4.78, 5) is 34.9. The summed E-state index contributed by atoms with van der Waals surface area (Å²) in [7, 11) is 0. The van der Waals surface area contributed by atoms with Crippen LogP contribution < -0.4 is 0 Å². The Labute approximate surface area is 180 Å². The van der Waals surface area contributed by atoms with Crippen LogP contribution in [-0.4, -0.2) is 52.7 Å². The fraction of sp³-hybridized carbons (Fsp3) is 0.375. The predicted octanol–water partition coefficient (Wildman–Crippen LogP) is 3.70. The number of aromatic nitrogens is 1. The molecule has 3 aromatic rings. The van der Waals surface area contributed by atoms with Crippen molar-refractivity contribution in [2.45, 2.75) is 32.2 Å². The molecule has 0 atom stereocenters. The minimum Gasteiger partial charge on any atom is -0.340 e. The number of amides is 1. The average molecular weight is 420 g/mol. The molecule has 154 valence electrons. The normalized spacial score (nSPS) is 17.3. The first-order valence-corrected chi connectivity index (χ1v) is 11.5. The van der Waals surface area contributed by atoms with Gasteiger partial charge in [0, 0.05) is 32.6 Å². The van der Waals surface area contributed by atoms with Crippen LogP contribution in [0.25, 0.3) is 10.8 Å². The highest BCUT2D eigenvalue weighted by Gasteiger charge is 2.25. The van der Waals surface area contributed by atoms with Gasteiger partial charge in [-0.15, -0.1) is 11.3 Å². The number of Topliss-reactive ketones (excluding diaryl/α,β-unsaturated/α-hetero) is 1. The van der Waals surface area contributed by atoms with Gasteiger partial charge in [0.25, 0.3) is 0 Å². The van der Waals surface area contributed by atoms with E-state index >= 15 is 0 Å². The van der Waals surface area contributed by atoms with Crippen LogP contribution in [0, 0.1) is 0 Å². The minimum absolute atomic E-state index is 0.196. The van der Waals surface area contributed by atoms with E-state index in [4.69, 9.17) is 4.98 Å². The lowest BCUT2D eigenvalue weighted by Crippen LogP contribution is -2.48. The number of nitrogens with zero attached hydrogens (tertiary/aromatic N) is 3. The van der Waals surface area contributed by atoms with Gasteiger partial charge in [-0.2, -0.15) is 0 Å². The fourth-order valence-electron chi connectivity index (χ4n) is 4.45. The zero-order valence-electron chi connectivity index (χ0n) is 17.0. The first-order valence-electron chi connectivity index (χ1n) is 10.7. The van der Waals surface area contributed by atoms with Gasteiger partial charge in [0.2, 0.25) is 5.91 Å². The lowest BCUT2D eigenvalue weighted by atomic mass is 10.0. The number of thiazole rings is 1. The zero-order chi connectivity index (χ0) is 20.5. The van der Waals surface area contributed by atoms with Gasteiger partial charge in [-0.3, -0.25) is 14.5 Å². The van der Waals surface area contributed by atoms with Gasteiger partial charge in [0.05, 0.1) is 23.5 Å². The first-order chi connectivity index (χ1) is 14.7. The van der Waals surface area contributed by atoms with Crippen molar-refractivity contribution >= 4 is 33.8 Å². The summed E-state index contributed by atoms with van der Waals surface area (Å²) in [5.41, 5.74) is 2.09. The molecular formula is C24H25N3O2S. The monoisotopic (exact) mass is 419 g/mol. The molecule has 0 unspecified atom stereocenters. The van der Waals surface area contributed by atoms with Crippen LogP contribution in [0.3, 0.4) is 0 Å². The maximum Gasteiger partial charge on any atom is 0.227 e. The molecule has 5 nitrogen and oxygen atoms in total. The van der Waals surface area contributed by atoms with Gasteiger partial charge in [-0.05, 0) is 29.2 Å². The van der Waals surface area contributed by atoms with E-state index in [2.05, 4.69) is 29.2 Å². The summed E-state index contributed by atoms with van der Waals surface area (Å²) in [5.74, 6) is 0.449. The number of carbonyl (C=O) groups is 2. The highest BCUT2D eigenvalue weighted by Crippen LogP contribution is 2.27. The molecule has 1 saturated heterocycles. The first kappa shape index (κ1) is 19.4. The largest absolute Gasteiger partial charge is 0.340 e. The maximum absolute atomic E-state index is 12.9. The van der Waals surface area contributed by atoms with Crippen LogP contribution in [0.15, 0.2) is 42.5 Å². The summed E-state index contributed by atoms with van der Waals surface area (Å²) < 4.78 is 0. The number of fused-ring (bicyclic) bond motifs is 2. The van der Waals surface area contributed by atoms with Gasteiger partial charge in [-0.25, -0.2) is 4.98 Å². The molecule has 1 fully saturated rings. The number of carbonyl (C=O) groups excluding carboxylic acids is 2. The molecule has 6 heteroatoms. The molecule has 2 aliphatic rings. The van der Waals surface area contributed by atoms with Crippen LogP contribution >= 0.6 is 11.3 Å². The Kier molecular flexibility index (Phi) is 5.35. The second-order valence-electron chi connectivity index (χ2n) is 8.13. The molecule has 0 saturated carbocycles. The third-order valence-electron chi connectivity index (χ3n) is 6.12. The van der Waals surface area contributed by atoms with E-state index in [1.165, 1.54) is 5.39 Å². The number of aryl methyl sites for hydroxylation is 1. The van der Waals surface area contributed by atoms with Gasteiger partial charge in [-0.1, -0.05) is 42.5 Å². The van der Waals surface area contributed by atoms with E-state index in [-0.39, 0.29) is 11.7 Å². The lowest BCUT2D eigenvalue weighted by molar-refractivity contribution is -0.132. The molecule has 5 rings (SSSR count). The fourth-order valence-corrected chi connectivity index (χ4v) is 5.57. The number of hydrogen-bond acceptors (Lipinski definition) is 5. The van der Waals surface area contributed by atoms with E-state index in [0.29, 0.717) is 12.8 Å². The molecule has 30 heavy (non-hydrogen) atoms. The molecule has 0 spiro atoms. The van der Waals surface area contributed by atoms with Crippen molar-refractivity contribution in [2.75, 3.05) is 26.2 Å². The van der Waals surface area contributed by atoms with Gasteiger partial charge in [0.15, 0.2) is 5.78 Å². The van der Waals surface area contributed by atoms with Crippen LogP contribution in [0.4, 0.5) is 0 Å². The second kappa shape index (κ2) is 8.28. The topological polar surface area (TPSA) is 53.5 Å². The molecule has 1 aliphatic heterocycles. The maximum atomic E-state index is 12.9. The van der Waals surface area contributed by atoms with Gasteiger partial charge >= 0.3 is 0 Å². The predicted molar refractivity (Wildman–Crippen MR) is 119 cm³/mol. The Morgan fingerprint density at radius 3 is 2.63 bits per heavy atom. The summed E-state index contributed by atoms with van der Waals surface area (Å²) in [6, 6.07) is 14.4. The zero-order valence-corrected chi connectivity index (χ0v) is 17.8. The van der Waals surface area contributed by atoms with E-state index in [0.717, 1.165) is 72.1 Å². The highest BCUT2D eigenvalue weighted by atomic mass is 32.1. The average Bonchev–Trinajstić information content (AvgIpc) is 3.18. The van der Waals surface area contributed by atoms with Crippen molar-refractivity contribution in [1.82, 2.24) is 14.8 Å². The summed E-state index contributed by atoms with van der Waals surface area (Å²) in [6.07, 6.45) is 2.95. The number of hydrogen-bond donors (Lipinski definition) is 0. The van der Waals surface area contributed by atoms with E-state index in [9.17, 15) is 9.59 Å². The number of piperazine rings is 1. The Bertz CT molecular complexity index is 1090. The number of ketones is 1.